The lowest BCUT2D eigenvalue weighted by Gasteiger charge is -2.08. The van der Waals surface area contributed by atoms with E-state index in [1.165, 1.54) is 0 Å². The normalized spacial score (nSPS) is 11.3. The van der Waals surface area contributed by atoms with Crippen molar-refractivity contribution < 1.29 is 4.42 Å². The zero-order valence-electron chi connectivity index (χ0n) is 14.2. The summed E-state index contributed by atoms with van der Waals surface area (Å²) in [6, 6.07) is 15.5. The van der Waals surface area contributed by atoms with Crippen LogP contribution in [0.1, 0.15) is 5.56 Å². The minimum absolute atomic E-state index is 0.146. The van der Waals surface area contributed by atoms with E-state index in [2.05, 4.69) is 21.0 Å². The Balaban J connectivity index is 1.52. The molecule has 0 atom stereocenters. The maximum Gasteiger partial charge on any atom is 0.280 e. The molecule has 5 rings (SSSR count). The highest BCUT2D eigenvalue weighted by molar-refractivity contribution is 5.80. The number of rotatable bonds is 3. The van der Waals surface area contributed by atoms with E-state index in [9.17, 15) is 4.79 Å². The Morgan fingerprint density at radius 2 is 1.93 bits per heavy atom. The van der Waals surface area contributed by atoms with Gasteiger partial charge in [0.15, 0.2) is 5.52 Å². The maximum absolute atomic E-state index is 12.6. The van der Waals surface area contributed by atoms with Gasteiger partial charge in [-0.05, 0) is 41.5 Å². The molecule has 0 amide bonds. The van der Waals surface area contributed by atoms with Gasteiger partial charge in [-0.2, -0.15) is 0 Å². The molecule has 0 spiro atoms. The van der Waals surface area contributed by atoms with Crippen LogP contribution in [0.3, 0.4) is 0 Å². The molecule has 0 bridgehead atoms. The number of benzene rings is 1. The lowest BCUT2D eigenvalue weighted by molar-refractivity contribution is 0.603. The molecule has 0 N–H and O–H groups in total. The van der Waals surface area contributed by atoms with Crippen molar-refractivity contribution in [3.63, 3.8) is 0 Å². The van der Waals surface area contributed by atoms with Crippen LogP contribution in [0.15, 0.2) is 82.7 Å². The molecule has 4 heterocycles. The van der Waals surface area contributed by atoms with Gasteiger partial charge < -0.3 is 4.42 Å². The molecule has 0 aliphatic carbocycles. The van der Waals surface area contributed by atoms with E-state index in [0.717, 1.165) is 22.1 Å². The Morgan fingerprint density at radius 3 is 2.89 bits per heavy atom. The molecule has 1 aromatic carbocycles. The van der Waals surface area contributed by atoms with Crippen molar-refractivity contribution in [2.24, 2.45) is 0 Å². The highest BCUT2D eigenvalue weighted by Gasteiger charge is 2.07. The summed E-state index contributed by atoms with van der Waals surface area (Å²) >= 11 is 0. The summed E-state index contributed by atoms with van der Waals surface area (Å²) < 4.78 is 6.87. The zero-order valence-corrected chi connectivity index (χ0v) is 14.2. The molecule has 0 aliphatic rings. The number of aromatic nitrogens is 4. The Bertz CT molecular complexity index is 1340. The van der Waals surface area contributed by atoms with Gasteiger partial charge in [0.25, 0.3) is 5.56 Å². The lowest BCUT2D eigenvalue weighted by Crippen LogP contribution is -2.21. The van der Waals surface area contributed by atoms with Gasteiger partial charge in [-0.3, -0.25) is 9.36 Å². The third-order valence-electron chi connectivity index (χ3n) is 4.51. The molecule has 0 saturated heterocycles. The average molecular weight is 354 g/mol. The molecular formula is C21H14N4O2. The second-order valence-corrected chi connectivity index (χ2v) is 6.29. The fraction of sp³-hybridized carbons (Fsp3) is 0.0476. The SMILES string of the molecule is O=c1c2ncccc2ncn1Cc1cccc(-c2cnc3occc3c2)c1. The van der Waals surface area contributed by atoms with Gasteiger partial charge in [0, 0.05) is 23.3 Å². The number of hydrogen-bond acceptors (Lipinski definition) is 5. The molecule has 6 nitrogen and oxygen atoms in total. The zero-order chi connectivity index (χ0) is 18.2. The largest absolute Gasteiger partial charge is 0.446 e. The summed E-state index contributed by atoms with van der Waals surface area (Å²) in [7, 11) is 0. The molecule has 6 heteroatoms. The molecule has 5 aromatic rings. The van der Waals surface area contributed by atoms with Crippen molar-refractivity contribution >= 4 is 22.1 Å². The molecule has 27 heavy (non-hydrogen) atoms. The van der Waals surface area contributed by atoms with Crippen LogP contribution in [-0.2, 0) is 6.54 Å². The second-order valence-electron chi connectivity index (χ2n) is 6.29. The predicted molar refractivity (Wildman–Crippen MR) is 102 cm³/mol. The van der Waals surface area contributed by atoms with Crippen molar-refractivity contribution in [2.75, 3.05) is 0 Å². The maximum atomic E-state index is 12.6. The third kappa shape index (κ3) is 2.77. The minimum Gasteiger partial charge on any atom is -0.446 e. The van der Waals surface area contributed by atoms with Gasteiger partial charge in [0.1, 0.15) is 0 Å². The number of nitrogens with zero attached hydrogens (tertiary/aromatic N) is 4. The molecule has 0 aliphatic heterocycles. The summed E-state index contributed by atoms with van der Waals surface area (Å²) in [4.78, 5) is 25.5. The minimum atomic E-state index is -0.146. The number of fused-ring (bicyclic) bond motifs is 2. The monoisotopic (exact) mass is 354 g/mol. The van der Waals surface area contributed by atoms with Crippen LogP contribution in [0.4, 0.5) is 0 Å². The first-order valence-corrected chi connectivity index (χ1v) is 8.51. The van der Waals surface area contributed by atoms with Gasteiger partial charge in [0.05, 0.1) is 24.7 Å². The van der Waals surface area contributed by atoms with Gasteiger partial charge in [-0.1, -0.05) is 18.2 Å². The van der Waals surface area contributed by atoms with Gasteiger partial charge >= 0.3 is 0 Å². The molecule has 0 unspecified atom stereocenters. The van der Waals surface area contributed by atoms with Crippen molar-refractivity contribution in [1.82, 2.24) is 19.5 Å². The van der Waals surface area contributed by atoms with E-state index < -0.39 is 0 Å². The Hall–Kier alpha value is -3.80. The smallest absolute Gasteiger partial charge is 0.280 e. The standard InChI is InChI=1S/C21H14N4O2/c26-21-19-18(5-2-7-22-19)24-13-25(21)12-14-3-1-4-15(9-14)17-10-16-6-8-27-20(16)23-11-17/h1-11,13H,12H2. The summed E-state index contributed by atoms with van der Waals surface area (Å²) in [5, 5.41) is 0.957. The summed E-state index contributed by atoms with van der Waals surface area (Å²) in [5.41, 5.74) is 4.49. The molecule has 0 radical (unpaired) electrons. The first-order chi connectivity index (χ1) is 13.3. The molecule has 4 aromatic heterocycles. The molecule has 0 saturated carbocycles. The van der Waals surface area contributed by atoms with Crippen molar-refractivity contribution in [3.05, 3.63) is 89.4 Å². The van der Waals surface area contributed by atoms with Crippen molar-refractivity contribution in [1.29, 1.82) is 0 Å². The lowest BCUT2D eigenvalue weighted by atomic mass is 10.0. The van der Waals surface area contributed by atoms with Crippen LogP contribution in [0.2, 0.25) is 0 Å². The van der Waals surface area contributed by atoms with E-state index in [0.29, 0.717) is 23.3 Å². The molecule has 130 valence electrons. The molecule has 0 fully saturated rings. The van der Waals surface area contributed by atoms with Crippen LogP contribution >= 0.6 is 0 Å². The summed E-state index contributed by atoms with van der Waals surface area (Å²) in [6.07, 6.45) is 6.59. The summed E-state index contributed by atoms with van der Waals surface area (Å²) in [6.45, 7) is 0.424. The van der Waals surface area contributed by atoms with Gasteiger partial charge in [0.2, 0.25) is 5.71 Å². The predicted octanol–water partition coefficient (Wildman–Crippen LogP) is 3.65. The number of furan rings is 1. The van der Waals surface area contributed by atoms with Gasteiger partial charge in [-0.25, -0.2) is 15.0 Å². The van der Waals surface area contributed by atoms with Crippen LogP contribution in [0.25, 0.3) is 33.3 Å². The Kier molecular flexibility index (Phi) is 3.53. The van der Waals surface area contributed by atoms with Gasteiger partial charge in [-0.15, -0.1) is 0 Å². The van der Waals surface area contributed by atoms with E-state index in [4.69, 9.17) is 4.42 Å². The quantitative estimate of drug-likeness (QED) is 0.494. The van der Waals surface area contributed by atoms with E-state index in [-0.39, 0.29) is 5.56 Å². The highest BCUT2D eigenvalue weighted by Crippen LogP contribution is 2.24. The Labute approximate surface area is 153 Å². The van der Waals surface area contributed by atoms with E-state index >= 15 is 0 Å². The van der Waals surface area contributed by atoms with Crippen LogP contribution in [0, 0.1) is 0 Å². The van der Waals surface area contributed by atoms with E-state index in [1.807, 2.05) is 30.3 Å². The summed E-state index contributed by atoms with van der Waals surface area (Å²) in [5.74, 6) is 0. The number of pyridine rings is 2. The number of hydrogen-bond donors (Lipinski definition) is 0. The second kappa shape index (κ2) is 6.17. The highest BCUT2D eigenvalue weighted by atomic mass is 16.3. The first-order valence-electron chi connectivity index (χ1n) is 8.51. The topological polar surface area (TPSA) is 73.8 Å². The average Bonchev–Trinajstić information content (AvgIpc) is 3.18. The third-order valence-corrected chi connectivity index (χ3v) is 4.51. The van der Waals surface area contributed by atoms with Crippen LogP contribution in [-0.4, -0.2) is 19.5 Å². The Morgan fingerprint density at radius 1 is 0.963 bits per heavy atom. The van der Waals surface area contributed by atoms with E-state index in [1.54, 1.807) is 41.7 Å². The first kappa shape index (κ1) is 15.5. The fourth-order valence-electron chi connectivity index (χ4n) is 3.16. The van der Waals surface area contributed by atoms with Crippen LogP contribution in [0.5, 0.6) is 0 Å². The molecular weight excluding hydrogens is 340 g/mol. The van der Waals surface area contributed by atoms with Crippen molar-refractivity contribution in [3.8, 4) is 11.1 Å². The fourth-order valence-corrected chi connectivity index (χ4v) is 3.16. The van der Waals surface area contributed by atoms with Crippen LogP contribution < -0.4 is 5.56 Å². The van der Waals surface area contributed by atoms with Crippen molar-refractivity contribution in [2.45, 2.75) is 6.54 Å².